The molecule has 0 aliphatic heterocycles. The molecule has 0 aromatic heterocycles. The van der Waals surface area contributed by atoms with Crippen molar-refractivity contribution in [1.29, 1.82) is 0 Å². The first-order chi connectivity index (χ1) is 15.2. The van der Waals surface area contributed by atoms with E-state index in [1.807, 2.05) is 0 Å². The summed E-state index contributed by atoms with van der Waals surface area (Å²) in [4.78, 5) is 82.1. The number of rotatable bonds is 15. The van der Waals surface area contributed by atoms with Crippen molar-refractivity contribution in [2.24, 2.45) is 23.1 Å². The Morgan fingerprint density at radius 2 is 1.21 bits per heavy atom. The van der Waals surface area contributed by atoms with Gasteiger partial charge in [0.15, 0.2) is 0 Å². The van der Waals surface area contributed by atoms with Crippen molar-refractivity contribution in [3.63, 3.8) is 0 Å². The molecule has 33 heavy (non-hydrogen) atoms. The normalized spacial score (nSPS) is 15.1. The zero-order chi connectivity index (χ0) is 25.9. The molecule has 0 aromatic carbocycles. The second kappa shape index (κ2) is 13.6. The third-order valence-corrected chi connectivity index (χ3v) is 4.58. The molecular weight excluding hydrogens is 444 g/mol. The van der Waals surface area contributed by atoms with Crippen molar-refractivity contribution < 1.29 is 43.8 Å². The first-order valence-corrected chi connectivity index (χ1v) is 9.87. The van der Waals surface area contributed by atoms with Crippen molar-refractivity contribution in [3.05, 3.63) is 0 Å². The SMILES string of the molecule is CCC(C)C(NC(=O)C(CC(=O)O)NC(=O)C(CC(N)=O)NC(=O)C(N)CC(N)=O)C(=O)O. The van der Waals surface area contributed by atoms with E-state index in [1.165, 1.54) is 0 Å². The lowest BCUT2D eigenvalue weighted by atomic mass is 9.98. The number of carboxylic acids is 2. The molecule has 0 radical (unpaired) electrons. The van der Waals surface area contributed by atoms with Crippen LogP contribution >= 0.6 is 0 Å². The Balaban J connectivity index is 5.61. The van der Waals surface area contributed by atoms with Crippen LogP contribution in [0.3, 0.4) is 0 Å². The highest BCUT2D eigenvalue weighted by atomic mass is 16.4. The predicted octanol–water partition coefficient (Wildman–Crippen LogP) is -3.88. The van der Waals surface area contributed by atoms with E-state index in [-0.39, 0.29) is 0 Å². The van der Waals surface area contributed by atoms with Gasteiger partial charge < -0.3 is 43.4 Å². The van der Waals surface area contributed by atoms with E-state index >= 15 is 0 Å². The minimum Gasteiger partial charge on any atom is -0.481 e. The van der Waals surface area contributed by atoms with Gasteiger partial charge in [0.25, 0.3) is 0 Å². The highest BCUT2D eigenvalue weighted by molar-refractivity contribution is 5.97. The summed E-state index contributed by atoms with van der Waals surface area (Å²) >= 11 is 0. The maximum Gasteiger partial charge on any atom is 0.326 e. The number of carboxylic acid groups (broad SMARTS) is 2. The molecular formula is C18H30N6O9. The van der Waals surface area contributed by atoms with Crippen molar-refractivity contribution >= 4 is 41.5 Å². The number of nitrogens with one attached hydrogen (secondary N) is 3. The Hall–Kier alpha value is -3.75. The van der Waals surface area contributed by atoms with Gasteiger partial charge in [0.05, 0.1) is 25.3 Å². The number of carbonyl (C=O) groups excluding carboxylic acids is 5. The number of nitrogens with two attached hydrogens (primary N) is 3. The van der Waals surface area contributed by atoms with Crippen LogP contribution in [-0.2, 0) is 33.6 Å². The molecule has 0 saturated heterocycles. The van der Waals surface area contributed by atoms with Gasteiger partial charge in [-0.05, 0) is 5.92 Å². The van der Waals surface area contributed by atoms with Gasteiger partial charge in [0.1, 0.15) is 18.1 Å². The lowest BCUT2D eigenvalue weighted by molar-refractivity contribution is -0.145. The number of aliphatic carboxylic acids is 2. The summed E-state index contributed by atoms with van der Waals surface area (Å²) in [6, 6.07) is -6.21. The lowest BCUT2D eigenvalue weighted by Crippen LogP contribution is -2.58. The quantitative estimate of drug-likeness (QED) is 0.114. The van der Waals surface area contributed by atoms with Gasteiger partial charge in [0.2, 0.25) is 29.5 Å². The average molecular weight is 474 g/mol. The number of hydrogen-bond donors (Lipinski definition) is 8. The van der Waals surface area contributed by atoms with Gasteiger partial charge in [-0.15, -0.1) is 0 Å². The second-order valence-electron chi connectivity index (χ2n) is 7.38. The van der Waals surface area contributed by atoms with Crippen LogP contribution in [0.4, 0.5) is 0 Å². The molecule has 186 valence electrons. The molecule has 0 bridgehead atoms. The van der Waals surface area contributed by atoms with E-state index in [2.05, 4.69) is 16.0 Å². The van der Waals surface area contributed by atoms with E-state index < -0.39 is 90.8 Å². The van der Waals surface area contributed by atoms with E-state index in [9.17, 15) is 38.7 Å². The molecule has 0 aromatic rings. The average Bonchev–Trinajstić information content (AvgIpc) is 2.68. The fourth-order valence-corrected chi connectivity index (χ4v) is 2.59. The van der Waals surface area contributed by atoms with Crippen molar-refractivity contribution in [1.82, 2.24) is 16.0 Å². The predicted molar refractivity (Wildman–Crippen MR) is 111 cm³/mol. The maximum atomic E-state index is 12.6. The van der Waals surface area contributed by atoms with Gasteiger partial charge in [-0.3, -0.25) is 28.8 Å². The van der Waals surface area contributed by atoms with Crippen LogP contribution in [0.15, 0.2) is 0 Å². The first kappa shape index (κ1) is 29.2. The van der Waals surface area contributed by atoms with Crippen molar-refractivity contribution in [2.75, 3.05) is 0 Å². The molecule has 0 heterocycles. The van der Waals surface area contributed by atoms with E-state index in [0.29, 0.717) is 6.42 Å². The Bertz CT molecular complexity index is 787. The molecule has 0 saturated carbocycles. The van der Waals surface area contributed by atoms with Crippen LogP contribution in [0.2, 0.25) is 0 Å². The molecule has 5 atom stereocenters. The Kier molecular flexibility index (Phi) is 12.1. The summed E-state index contributed by atoms with van der Waals surface area (Å²) in [5, 5.41) is 24.7. The maximum absolute atomic E-state index is 12.6. The van der Waals surface area contributed by atoms with Crippen LogP contribution < -0.4 is 33.2 Å². The number of carbonyl (C=O) groups is 7. The molecule has 0 fully saturated rings. The van der Waals surface area contributed by atoms with Gasteiger partial charge in [-0.1, -0.05) is 20.3 Å². The highest BCUT2D eigenvalue weighted by Crippen LogP contribution is 2.09. The number of primary amides is 2. The van der Waals surface area contributed by atoms with E-state index in [4.69, 9.17) is 22.3 Å². The molecule has 0 aliphatic carbocycles. The fourth-order valence-electron chi connectivity index (χ4n) is 2.59. The zero-order valence-electron chi connectivity index (χ0n) is 18.2. The summed E-state index contributed by atoms with van der Waals surface area (Å²) in [5.41, 5.74) is 15.5. The van der Waals surface area contributed by atoms with Crippen LogP contribution in [0.25, 0.3) is 0 Å². The second-order valence-corrected chi connectivity index (χ2v) is 7.38. The smallest absolute Gasteiger partial charge is 0.326 e. The number of amides is 5. The summed E-state index contributed by atoms with van der Waals surface area (Å²) in [5.74, 6) is -8.59. The fraction of sp³-hybridized carbons (Fsp3) is 0.611. The Morgan fingerprint density at radius 3 is 1.64 bits per heavy atom. The Morgan fingerprint density at radius 1 is 0.758 bits per heavy atom. The van der Waals surface area contributed by atoms with Crippen LogP contribution in [0, 0.1) is 5.92 Å². The summed E-state index contributed by atoms with van der Waals surface area (Å²) in [6.45, 7) is 3.24. The van der Waals surface area contributed by atoms with Gasteiger partial charge >= 0.3 is 11.9 Å². The molecule has 5 unspecified atom stereocenters. The van der Waals surface area contributed by atoms with E-state index in [1.54, 1.807) is 13.8 Å². The van der Waals surface area contributed by atoms with Gasteiger partial charge in [-0.25, -0.2) is 4.79 Å². The third-order valence-electron chi connectivity index (χ3n) is 4.58. The highest BCUT2D eigenvalue weighted by Gasteiger charge is 2.33. The summed E-state index contributed by atoms with van der Waals surface area (Å²) in [6.07, 6.45) is -1.85. The summed E-state index contributed by atoms with van der Waals surface area (Å²) < 4.78 is 0. The standard InChI is InChI=1S/C18H30N6O9/c1-3-7(2)14(18(32)33)24-17(31)10(6-13(27)28)23-16(30)9(5-12(21)26)22-15(29)8(19)4-11(20)25/h7-10,14H,3-6,19H2,1-2H3,(H2,20,25)(H2,21,26)(H,22,29)(H,23,30)(H,24,31)(H,27,28)(H,32,33). The summed E-state index contributed by atoms with van der Waals surface area (Å²) in [7, 11) is 0. The minimum absolute atomic E-state index is 0.380. The Labute approximate surface area is 188 Å². The molecule has 15 nitrogen and oxygen atoms in total. The van der Waals surface area contributed by atoms with Gasteiger partial charge in [0, 0.05) is 0 Å². The zero-order valence-corrected chi connectivity index (χ0v) is 18.2. The molecule has 5 amide bonds. The van der Waals surface area contributed by atoms with Crippen LogP contribution in [0.1, 0.15) is 39.5 Å². The largest absolute Gasteiger partial charge is 0.481 e. The van der Waals surface area contributed by atoms with E-state index in [0.717, 1.165) is 0 Å². The molecule has 11 N–H and O–H groups in total. The molecule has 15 heteroatoms. The first-order valence-electron chi connectivity index (χ1n) is 9.87. The van der Waals surface area contributed by atoms with Crippen molar-refractivity contribution in [2.45, 2.75) is 63.7 Å². The minimum atomic E-state index is -1.74. The molecule has 0 spiro atoms. The van der Waals surface area contributed by atoms with Gasteiger partial charge in [-0.2, -0.15) is 0 Å². The number of hydrogen-bond acceptors (Lipinski definition) is 8. The van der Waals surface area contributed by atoms with Crippen LogP contribution in [-0.4, -0.2) is 75.9 Å². The third kappa shape index (κ3) is 10.9. The monoisotopic (exact) mass is 474 g/mol. The molecule has 0 rings (SSSR count). The van der Waals surface area contributed by atoms with Crippen LogP contribution in [0.5, 0.6) is 0 Å². The lowest BCUT2D eigenvalue weighted by Gasteiger charge is -2.25. The van der Waals surface area contributed by atoms with Crippen molar-refractivity contribution in [3.8, 4) is 0 Å². The molecule has 0 aliphatic rings. The topological polar surface area (TPSA) is 274 Å².